The van der Waals surface area contributed by atoms with Crippen molar-refractivity contribution in [3.63, 3.8) is 0 Å². The molecule has 10 heteroatoms. The predicted molar refractivity (Wildman–Crippen MR) is 105 cm³/mol. The van der Waals surface area contributed by atoms with Crippen LogP contribution in [-0.2, 0) is 16.1 Å². The van der Waals surface area contributed by atoms with Crippen LogP contribution in [0.1, 0.15) is 28.8 Å². The van der Waals surface area contributed by atoms with Gasteiger partial charge in [0.15, 0.2) is 0 Å². The molecule has 0 bridgehead atoms. The molecule has 150 valence electrons. The number of amides is 3. The quantitative estimate of drug-likeness (QED) is 0.614. The van der Waals surface area contributed by atoms with E-state index in [2.05, 4.69) is 20.6 Å². The Kier molecular flexibility index (Phi) is 4.05. The van der Waals surface area contributed by atoms with Gasteiger partial charge in [-0.2, -0.15) is 0 Å². The molecule has 0 saturated carbocycles. The molecule has 0 aliphatic carbocycles. The number of hydrogen-bond acceptors (Lipinski definition) is 7. The number of carbonyl (C=O) groups excluding carboxylic acids is 3. The van der Waals surface area contributed by atoms with Crippen LogP contribution in [0.5, 0.6) is 0 Å². The summed E-state index contributed by atoms with van der Waals surface area (Å²) in [6.07, 6.45) is 3.92. The van der Waals surface area contributed by atoms with Crippen molar-refractivity contribution in [3.8, 4) is 16.9 Å². The number of benzene rings is 1. The summed E-state index contributed by atoms with van der Waals surface area (Å²) in [5.74, 6) is -0.542. The summed E-state index contributed by atoms with van der Waals surface area (Å²) in [6, 6.07) is 8.29. The zero-order valence-electron chi connectivity index (χ0n) is 15.8. The molecule has 0 spiro atoms. The van der Waals surface area contributed by atoms with Crippen molar-refractivity contribution < 1.29 is 14.4 Å². The molecule has 2 aliphatic heterocycles. The molecule has 10 nitrogen and oxygen atoms in total. The first-order valence-electron chi connectivity index (χ1n) is 9.42. The molecule has 3 N–H and O–H groups in total. The normalized spacial score (nSPS) is 18.5. The van der Waals surface area contributed by atoms with Crippen LogP contribution >= 0.6 is 0 Å². The zero-order valence-corrected chi connectivity index (χ0v) is 15.8. The Morgan fingerprint density at radius 1 is 1.13 bits per heavy atom. The summed E-state index contributed by atoms with van der Waals surface area (Å²) in [7, 11) is 0. The first-order chi connectivity index (χ1) is 14.5. The molecule has 1 fully saturated rings. The summed E-state index contributed by atoms with van der Waals surface area (Å²) in [5.41, 5.74) is 9.04. The van der Waals surface area contributed by atoms with Gasteiger partial charge in [-0.1, -0.05) is 11.3 Å². The molecule has 2 aromatic heterocycles. The maximum absolute atomic E-state index is 13.0. The van der Waals surface area contributed by atoms with Gasteiger partial charge in [0, 0.05) is 30.3 Å². The third-order valence-electron chi connectivity index (χ3n) is 5.35. The molecule has 1 aromatic carbocycles. The molecule has 1 saturated heterocycles. The van der Waals surface area contributed by atoms with Crippen LogP contribution in [0, 0.1) is 0 Å². The first kappa shape index (κ1) is 18.0. The summed E-state index contributed by atoms with van der Waals surface area (Å²) < 4.78 is 1.58. The van der Waals surface area contributed by atoms with Crippen LogP contribution in [0.2, 0.25) is 0 Å². The summed E-state index contributed by atoms with van der Waals surface area (Å²) in [5, 5.41) is 10.6. The van der Waals surface area contributed by atoms with E-state index in [1.54, 1.807) is 35.3 Å². The summed E-state index contributed by atoms with van der Waals surface area (Å²) in [6.45, 7) is 0.334. The highest BCUT2D eigenvalue weighted by Crippen LogP contribution is 2.29. The molecular weight excluding hydrogens is 386 g/mol. The number of pyridine rings is 1. The Balaban J connectivity index is 1.41. The monoisotopic (exact) mass is 403 g/mol. The van der Waals surface area contributed by atoms with Crippen LogP contribution in [-0.4, -0.2) is 48.6 Å². The van der Waals surface area contributed by atoms with E-state index < -0.39 is 11.9 Å². The summed E-state index contributed by atoms with van der Waals surface area (Å²) in [4.78, 5) is 42.1. The third-order valence-corrected chi connectivity index (χ3v) is 5.35. The lowest BCUT2D eigenvalue weighted by molar-refractivity contribution is -0.136. The lowest BCUT2D eigenvalue weighted by Crippen LogP contribution is -2.52. The maximum atomic E-state index is 13.0. The molecular formula is C20H17N7O3. The molecule has 3 aromatic rings. The second kappa shape index (κ2) is 6.76. The second-order valence-corrected chi connectivity index (χ2v) is 7.26. The van der Waals surface area contributed by atoms with E-state index in [4.69, 9.17) is 5.73 Å². The van der Waals surface area contributed by atoms with Crippen molar-refractivity contribution in [2.75, 3.05) is 5.73 Å². The Labute approximate surface area is 170 Å². The number of imide groups is 1. The Morgan fingerprint density at radius 3 is 2.77 bits per heavy atom. The molecule has 30 heavy (non-hydrogen) atoms. The van der Waals surface area contributed by atoms with Gasteiger partial charge in [0.25, 0.3) is 5.91 Å². The Morgan fingerprint density at radius 2 is 2.00 bits per heavy atom. The van der Waals surface area contributed by atoms with Crippen LogP contribution in [0.3, 0.4) is 0 Å². The average Bonchev–Trinajstić information content (AvgIpc) is 3.34. The van der Waals surface area contributed by atoms with Gasteiger partial charge >= 0.3 is 0 Å². The lowest BCUT2D eigenvalue weighted by Gasteiger charge is -2.29. The number of hydrogen-bond donors (Lipinski definition) is 2. The highest BCUT2D eigenvalue weighted by molar-refractivity contribution is 6.05. The number of nitrogen functional groups attached to an aromatic ring is 1. The zero-order chi connectivity index (χ0) is 20.8. The number of rotatable bonds is 3. The fraction of sp³-hybridized carbons (Fsp3) is 0.200. The molecule has 0 radical (unpaired) electrons. The average molecular weight is 403 g/mol. The molecule has 3 amide bonds. The number of fused-ring (bicyclic) bond motifs is 1. The predicted octanol–water partition coefficient (Wildman–Crippen LogP) is 0.672. The summed E-state index contributed by atoms with van der Waals surface area (Å²) >= 11 is 0. The van der Waals surface area contributed by atoms with Crippen LogP contribution < -0.4 is 11.1 Å². The van der Waals surface area contributed by atoms with Crippen LogP contribution in [0.15, 0.2) is 42.7 Å². The molecule has 1 atom stereocenters. The Hall–Kier alpha value is -4.08. The van der Waals surface area contributed by atoms with Gasteiger partial charge in [0.05, 0.1) is 11.9 Å². The lowest BCUT2D eigenvalue weighted by atomic mass is 10.0. The van der Waals surface area contributed by atoms with Gasteiger partial charge in [-0.15, -0.1) is 5.10 Å². The minimum atomic E-state index is -0.637. The number of nitrogens with two attached hydrogens (primary N) is 1. The number of aromatic nitrogens is 4. The van der Waals surface area contributed by atoms with Gasteiger partial charge in [0.2, 0.25) is 11.8 Å². The van der Waals surface area contributed by atoms with E-state index in [1.807, 2.05) is 12.1 Å². The number of carbonyl (C=O) groups is 3. The first-order valence-corrected chi connectivity index (χ1v) is 9.42. The number of nitrogens with zero attached hydrogens (tertiary/aromatic N) is 5. The van der Waals surface area contributed by atoms with Gasteiger partial charge in [0.1, 0.15) is 17.6 Å². The fourth-order valence-corrected chi connectivity index (χ4v) is 3.76. The number of nitrogens with one attached hydrogen (secondary N) is 1. The molecule has 1 unspecified atom stereocenters. The highest BCUT2D eigenvalue weighted by atomic mass is 16.2. The second-order valence-electron chi connectivity index (χ2n) is 7.26. The van der Waals surface area contributed by atoms with Crippen molar-refractivity contribution in [3.05, 3.63) is 53.9 Å². The van der Waals surface area contributed by atoms with E-state index in [9.17, 15) is 14.4 Å². The highest BCUT2D eigenvalue weighted by Gasteiger charge is 2.39. The number of piperidine rings is 1. The molecule has 4 heterocycles. The van der Waals surface area contributed by atoms with Crippen molar-refractivity contribution in [1.29, 1.82) is 0 Å². The van der Waals surface area contributed by atoms with Gasteiger partial charge < -0.3 is 10.6 Å². The van der Waals surface area contributed by atoms with Crippen molar-refractivity contribution >= 4 is 23.5 Å². The van der Waals surface area contributed by atoms with Crippen molar-refractivity contribution in [2.45, 2.75) is 25.4 Å². The fourth-order valence-electron chi connectivity index (χ4n) is 3.76. The minimum absolute atomic E-state index is 0.226. The van der Waals surface area contributed by atoms with E-state index >= 15 is 0 Å². The van der Waals surface area contributed by atoms with Gasteiger partial charge in [-0.05, 0) is 36.2 Å². The minimum Gasteiger partial charge on any atom is -0.384 e. The largest absolute Gasteiger partial charge is 0.384 e. The van der Waals surface area contributed by atoms with Gasteiger partial charge in [-0.25, -0.2) is 9.67 Å². The van der Waals surface area contributed by atoms with Crippen molar-refractivity contribution in [2.24, 2.45) is 0 Å². The third kappa shape index (κ3) is 2.98. The topological polar surface area (TPSA) is 136 Å². The van der Waals surface area contributed by atoms with Crippen molar-refractivity contribution in [1.82, 2.24) is 30.2 Å². The Bertz CT molecular complexity index is 1190. The SMILES string of the molecule is Nc1ccc(-c2cn(-c3ccc4c(c3)C(=O)N(C3CCC(=O)NC3=O)C4)nn2)cn1. The molecule has 5 rings (SSSR count). The standard InChI is InChI=1S/C20H17N7O3/c21-17-5-2-11(8-22-17)15-10-27(25-24-15)13-3-1-12-9-26(20(30)14(12)7-13)16-4-6-18(28)23-19(16)29/h1-3,5,7-8,10,16H,4,6,9H2,(H2,21,22)(H,23,28,29). The smallest absolute Gasteiger partial charge is 0.255 e. The van der Waals surface area contributed by atoms with E-state index in [1.165, 1.54) is 4.90 Å². The van der Waals surface area contributed by atoms with E-state index in [0.717, 1.165) is 11.1 Å². The van der Waals surface area contributed by atoms with E-state index in [-0.39, 0.29) is 18.2 Å². The molecule has 2 aliphatic rings. The maximum Gasteiger partial charge on any atom is 0.255 e. The van der Waals surface area contributed by atoms with Crippen LogP contribution in [0.4, 0.5) is 5.82 Å². The van der Waals surface area contributed by atoms with Gasteiger partial charge in [-0.3, -0.25) is 19.7 Å². The number of anilines is 1. The van der Waals surface area contributed by atoms with E-state index in [0.29, 0.717) is 35.7 Å². The van der Waals surface area contributed by atoms with Crippen LogP contribution in [0.25, 0.3) is 16.9 Å².